The molecule has 0 aromatic carbocycles. The molecule has 0 rings (SSSR count). The van der Waals surface area contributed by atoms with Gasteiger partial charge in [0, 0.05) is 0 Å². The summed E-state index contributed by atoms with van der Waals surface area (Å²) in [7, 11) is 0. The number of hydrogen-bond donors (Lipinski definition) is 1. The Kier molecular flexibility index (Phi) is 2.75. The number of rotatable bonds is 2. The molecule has 0 aliphatic carbocycles. The van der Waals surface area contributed by atoms with Gasteiger partial charge in [-0.2, -0.15) is 17.2 Å². The highest BCUT2D eigenvalue weighted by atomic mass is 35.5. The van der Waals surface area contributed by atoms with E-state index in [1.807, 2.05) is 0 Å². The Morgan fingerprint density at radius 2 is 2.12 bits per heavy atom. The topological polar surface area (TPSA) is 46.5 Å². The zero-order valence-corrected chi connectivity index (χ0v) is 4.88. The molecule has 1 N–H and O–H groups in total. The Labute approximate surface area is 51.1 Å². The number of alkyl halides is 3. The largest absolute Gasteiger partial charge is 0.454 e. The van der Waals surface area contributed by atoms with Gasteiger partial charge in [-0.05, 0) is 11.6 Å². The van der Waals surface area contributed by atoms with Crippen LogP contribution in [0.2, 0.25) is 0 Å². The molecule has 8 heavy (non-hydrogen) atoms. The molecule has 0 radical (unpaired) electrons. The third-order valence-corrected chi connectivity index (χ3v) is 0.686. The summed E-state index contributed by atoms with van der Waals surface area (Å²) in [5.74, 6) is 0. The lowest BCUT2D eigenvalue weighted by atomic mass is 11.5. The highest BCUT2D eigenvalue weighted by Crippen LogP contribution is 2.20. The SMILES string of the molecule is O=S(O)OC(F)(F)Cl. The van der Waals surface area contributed by atoms with Crippen molar-refractivity contribution < 1.29 is 21.7 Å². The average molecular weight is 167 g/mol. The minimum absolute atomic E-state index is 2.90. The molecule has 7 heteroatoms. The third kappa shape index (κ3) is 6.22. The van der Waals surface area contributed by atoms with Crippen LogP contribution in [0.1, 0.15) is 0 Å². The molecular weight excluding hydrogens is 166 g/mol. The minimum atomic E-state index is -4.06. The van der Waals surface area contributed by atoms with Crippen molar-refractivity contribution >= 4 is 23.0 Å². The van der Waals surface area contributed by atoms with Crippen LogP contribution in [-0.4, -0.2) is 14.3 Å². The van der Waals surface area contributed by atoms with Crippen molar-refractivity contribution in [1.82, 2.24) is 0 Å². The maximum absolute atomic E-state index is 11.2. The molecule has 0 aromatic rings. The van der Waals surface area contributed by atoms with E-state index < -0.39 is 16.9 Å². The summed E-state index contributed by atoms with van der Waals surface area (Å²) in [6, 6.07) is 0. The predicted octanol–water partition coefficient (Wildman–Crippen LogP) is 0.929. The fourth-order valence-corrected chi connectivity index (χ4v) is 0.404. The van der Waals surface area contributed by atoms with Gasteiger partial charge >= 0.3 is 16.9 Å². The molecular formula is CHClF2O3S. The minimum Gasteiger partial charge on any atom is -0.284 e. The first kappa shape index (κ1) is 8.22. The van der Waals surface area contributed by atoms with Crippen LogP contribution >= 0.6 is 11.6 Å². The summed E-state index contributed by atoms with van der Waals surface area (Å²) in [5.41, 5.74) is -4.06. The smallest absolute Gasteiger partial charge is 0.284 e. The molecule has 0 amide bonds. The van der Waals surface area contributed by atoms with Gasteiger partial charge in [-0.15, -0.1) is 0 Å². The Morgan fingerprint density at radius 3 is 2.12 bits per heavy atom. The monoisotopic (exact) mass is 166 g/mol. The van der Waals surface area contributed by atoms with Gasteiger partial charge < -0.3 is 0 Å². The van der Waals surface area contributed by atoms with Crippen LogP contribution in [0, 0.1) is 0 Å². The molecule has 0 saturated carbocycles. The molecule has 50 valence electrons. The standard InChI is InChI=1S/CHClF2O3S/c2-1(3,4)7-8(5)6/h(H,5,6). The first-order valence-electron chi connectivity index (χ1n) is 1.29. The van der Waals surface area contributed by atoms with Crippen LogP contribution in [-0.2, 0) is 15.5 Å². The first-order valence-corrected chi connectivity index (χ1v) is 2.70. The summed E-state index contributed by atoms with van der Waals surface area (Å²) >= 11 is 1.00. The molecule has 0 aromatic heterocycles. The Hall–Kier alpha value is 0.220. The summed E-state index contributed by atoms with van der Waals surface area (Å²) < 4.78 is 42.1. The van der Waals surface area contributed by atoms with Crippen LogP contribution in [0.15, 0.2) is 0 Å². The highest BCUT2D eigenvalue weighted by molar-refractivity contribution is 7.74. The lowest BCUT2D eigenvalue weighted by Gasteiger charge is -2.01. The molecule has 3 nitrogen and oxygen atoms in total. The van der Waals surface area contributed by atoms with Crippen molar-refractivity contribution in [3.05, 3.63) is 0 Å². The zero-order chi connectivity index (χ0) is 6.78. The quantitative estimate of drug-likeness (QED) is 0.490. The van der Waals surface area contributed by atoms with Crippen molar-refractivity contribution in [2.45, 2.75) is 5.57 Å². The van der Waals surface area contributed by atoms with Gasteiger partial charge in [-0.1, -0.05) is 0 Å². The van der Waals surface area contributed by atoms with Gasteiger partial charge in [0.2, 0.25) is 0 Å². The second kappa shape index (κ2) is 2.67. The van der Waals surface area contributed by atoms with E-state index in [2.05, 4.69) is 15.8 Å². The van der Waals surface area contributed by atoms with Crippen LogP contribution < -0.4 is 0 Å². The molecule has 0 aliphatic rings. The second-order valence-corrected chi connectivity index (χ2v) is 1.79. The third-order valence-electron chi connectivity index (χ3n) is 0.166. The maximum Gasteiger partial charge on any atom is 0.454 e. The summed E-state index contributed by atoms with van der Waals surface area (Å²) in [6.45, 7) is 0. The first-order chi connectivity index (χ1) is 3.42. The number of hydrogen-bond acceptors (Lipinski definition) is 2. The summed E-state index contributed by atoms with van der Waals surface area (Å²) in [6.07, 6.45) is 0. The van der Waals surface area contributed by atoms with Crippen LogP contribution in [0.3, 0.4) is 0 Å². The van der Waals surface area contributed by atoms with Gasteiger partial charge in [-0.25, -0.2) is 0 Å². The molecule has 0 fully saturated rings. The van der Waals surface area contributed by atoms with Crippen LogP contribution in [0.25, 0.3) is 0 Å². The van der Waals surface area contributed by atoms with E-state index in [0.29, 0.717) is 0 Å². The van der Waals surface area contributed by atoms with Crippen molar-refractivity contribution in [2.24, 2.45) is 0 Å². The van der Waals surface area contributed by atoms with E-state index in [1.54, 1.807) is 0 Å². The molecule has 0 heterocycles. The lowest BCUT2D eigenvalue weighted by Crippen LogP contribution is -2.12. The van der Waals surface area contributed by atoms with E-state index in [1.165, 1.54) is 0 Å². The van der Waals surface area contributed by atoms with E-state index in [-0.39, 0.29) is 0 Å². The summed E-state index contributed by atoms with van der Waals surface area (Å²) in [5, 5.41) is 0. The molecule has 0 aliphatic heterocycles. The van der Waals surface area contributed by atoms with Crippen molar-refractivity contribution in [3.8, 4) is 0 Å². The van der Waals surface area contributed by atoms with Gasteiger partial charge in [0.15, 0.2) is 0 Å². The molecule has 0 spiro atoms. The Morgan fingerprint density at radius 1 is 1.75 bits per heavy atom. The van der Waals surface area contributed by atoms with Gasteiger partial charge in [-0.3, -0.25) is 4.55 Å². The van der Waals surface area contributed by atoms with Crippen molar-refractivity contribution in [3.63, 3.8) is 0 Å². The molecule has 0 bridgehead atoms. The molecule has 1 unspecified atom stereocenters. The number of halogens is 3. The normalized spacial score (nSPS) is 16.0. The predicted molar refractivity (Wildman–Crippen MR) is 22.7 cm³/mol. The maximum atomic E-state index is 11.2. The van der Waals surface area contributed by atoms with E-state index in [0.717, 1.165) is 0 Å². The zero-order valence-electron chi connectivity index (χ0n) is 3.31. The second-order valence-electron chi connectivity index (χ2n) is 0.746. The van der Waals surface area contributed by atoms with Crippen molar-refractivity contribution in [2.75, 3.05) is 0 Å². The van der Waals surface area contributed by atoms with Gasteiger partial charge in [0.25, 0.3) is 0 Å². The highest BCUT2D eigenvalue weighted by Gasteiger charge is 2.29. The van der Waals surface area contributed by atoms with E-state index in [9.17, 15) is 13.0 Å². The average Bonchev–Trinajstić information content (AvgIpc) is 1.21. The Balaban J connectivity index is 3.55. The Bertz CT molecular complexity index is 99.9. The van der Waals surface area contributed by atoms with Crippen molar-refractivity contribution in [1.29, 1.82) is 0 Å². The fraction of sp³-hybridized carbons (Fsp3) is 1.00. The lowest BCUT2D eigenvalue weighted by molar-refractivity contribution is -0.0923. The van der Waals surface area contributed by atoms with Crippen LogP contribution in [0.5, 0.6) is 0 Å². The molecule has 1 atom stereocenters. The van der Waals surface area contributed by atoms with E-state index in [4.69, 9.17) is 4.55 Å². The summed E-state index contributed by atoms with van der Waals surface area (Å²) in [4.78, 5) is 0. The van der Waals surface area contributed by atoms with Crippen LogP contribution in [0.4, 0.5) is 8.78 Å². The van der Waals surface area contributed by atoms with Gasteiger partial charge in [0.1, 0.15) is 0 Å². The van der Waals surface area contributed by atoms with E-state index >= 15 is 0 Å². The molecule has 0 saturated heterocycles. The fourth-order valence-electron chi connectivity index (χ4n) is 0.0808. The van der Waals surface area contributed by atoms with Gasteiger partial charge in [0.05, 0.1) is 0 Å².